The van der Waals surface area contributed by atoms with E-state index < -0.39 is 0 Å². The summed E-state index contributed by atoms with van der Waals surface area (Å²) in [7, 11) is 1.88. The molecule has 0 bridgehead atoms. The van der Waals surface area contributed by atoms with Crippen molar-refractivity contribution in [2.24, 2.45) is 7.05 Å². The first-order chi connectivity index (χ1) is 11.7. The number of halogens is 1. The maximum atomic E-state index is 13.7. The lowest BCUT2D eigenvalue weighted by molar-refractivity contribution is 0.622. The second kappa shape index (κ2) is 5.69. The molecule has 3 heterocycles. The molecule has 0 aliphatic carbocycles. The quantitative estimate of drug-likeness (QED) is 0.613. The predicted octanol–water partition coefficient (Wildman–Crippen LogP) is 1.59. The molecule has 0 saturated heterocycles. The molecule has 1 atom stereocenters. The van der Waals surface area contributed by atoms with Gasteiger partial charge in [0, 0.05) is 19.4 Å². The van der Waals surface area contributed by atoms with E-state index in [4.69, 9.17) is 0 Å². The normalized spacial score (nSPS) is 12.4. The van der Waals surface area contributed by atoms with Crippen molar-refractivity contribution in [2.45, 2.75) is 6.04 Å². The van der Waals surface area contributed by atoms with Crippen molar-refractivity contribution in [1.82, 2.24) is 34.8 Å². The van der Waals surface area contributed by atoms with Gasteiger partial charge in [-0.1, -0.05) is 12.1 Å². The minimum absolute atomic E-state index is 0.308. The molecule has 0 aliphatic heterocycles. The van der Waals surface area contributed by atoms with E-state index in [-0.39, 0.29) is 11.9 Å². The van der Waals surface area contributed by atoms with Crippen LogP contribution in [-0.2, 0) is 7.05 Å². The summed E-state index contributed by atoms with van der Waals surface area (Å²) in [4.78, 5) is 4.37. The van der Waals surface area contributed by atoms with Crippen LogP contribution in [0.5, 0.6) is 0 Å². The number of rotatable bonds is 4. The molecule has 0 radical (unpaired) electrons. The smallest absolute Gasteiger partial charge is 0.200 e. The molecule has 1 aromatic carbocycles. The van der Waals surface area contributed by atoms with E-state index in [1.54, 1.807) is 24.4 Å². The number of nitrogens with zero attached hydrogens (tertiary/aromatic N) is 7. The van der Waals surface area contributed by atoms with Gasteiger partial charge in [0.2, 0.25) is 0 Å². The highest BCUT2D eigenvalue weighted by molar-refractivity contribution is 5.45. The number of hydrogen-bond acceptors (Lipinski definition) is 6. The van der Waals surface area contributed by atoms with E-state index in [0.717, 1.165) is 11.4 Å². The lowest BCUT2D eigenvalue weighted by Gasteiger charge is -2.19. The Morgan fingerprint density at radius 3 is 2.92 bits per heavy atom. The highest BCUT2D eigenvalue weighted by Gasteiger charge is 2.19. The second-order valence-electron chi connectivity index (χ2n) is 5.27. The van der Waals surface area contributed by atoms with Crippen LogP contribution in [0.2, 0.25) is 0 Å². The standard InChI is InChI=1S/C15H13FN8/c1-23-8-7-17-15(23)14(10-3-2-4-11(16)9-10)18-12-5-6-13-19-21-22-24(13)20-12/h2-9,14H,1H3,(H,18,20)/t14-/m0/s1. The number of imidazole rings is 1. The molecule has 0 spiro atoms. The molecule has 0 unspecified atom stereocenters. The van der Waals surface area contributed by atoms with Gasteiger partial charge in [-0.15, -0.1) is 14.8 Å². The van der Waals surface area contributed by atoms with E-state index in [9.17, 15) is 4.39 Å². The zero-order valence-corrected chi connectivity index (χ0v) is 12.7. The summed E-state index contributed by atoms with van der Waals surface area (Å²) in [6.45, 7) is 0. The molecule has 1 N–H and O–H groups in total. The fourth-order valence-electron chi connectivity index (χ4n) is 2.51. The molecule has 0 saturated carbocycles. The fraction of sp³-hybridized carbons (Fsp3) is 0.133. The van der Waals surface area contributed by atoms with Crippen LogP contribution in [0, 0.1) is 5.82 Å². The first-order valence-corrected chi connectivity index (χ1v) is 7.25. The van der Waals surface area contributed by atoms with Gasteiger partial charge < -0.3 is 9.88 Å². The summed E-state index contributed by atoms with van der Waals surface area (Å²) < 4.78 is 16.9. The summed E-state index contributed by atoms with van der Waals surface area (Å²) in [5.74, 6) is 0.976. The summed E-state index contributed by atoms with van der Waals surface area (Å²) in [5, 5.41) is 18.7. The molecule has 0 aliphatic rings. The van der Waals surface area contributed by atoms with Gasteiger partial charge in [0.25, 0.3) is 0 Å². The zero-order valence-electron chi connectivity index (χ0n) is 12.7. The van der Waals surface area contributed by atoms with Crippen molar-refractivity contribution in [3.05, 3.63) is 66.0 Å². The van der Waals surface area contributed by atoms with Gasteiger partial charge in [0.05, 0.1) is 0 Å². The maximum Gasteiger partial charge on any atom is 0.200 e. The molecule has 9 heteroatoms. The Hall–Kier alpha value is -3.36. The summed E-state index contributed by atoms with van der Waals surface area (Å²) in [6.07, 6.45) is 3.53. The molecular weight excluding hydrogens is 311 g/mol. The van der Waals surface area contributed by atoms with Crippen molar-refractivity contribution in [2.75, 3.05) is 5.32 Å². The average molecular weight is 324 g/mol. The lowest BCUT2D eigenvalue weighted by atomic mass is 10.1. The van der Waals surface area contributed by atoms with Gasteiger partial charge in [-0.25, -0.2) is 9.37 Å². The van der Waals surface area contributed by atoms with Crippen molar-refractivity contribution in [3.63, 3.8) is 0 Å². The van der Waals surface area contributed by atoms with E-state index in [1.807, 2.05) is 23.9 Å². The molecule has 0 amide bonds. The number of aromatic nitrogens is 7. The van der Waals surface area contributed by atoms with Crippen LogP contribution in [0.4, 0.5) is 10.2 Å². The zero-order chi connectivity index (χ0) is 16.5. The van der Waals surface area contributed by atoms with Crippen LogP contribution in [-0.4, -0.2) is 34.8 Å². The van der Waals surface area contributed by atoms with E-state index in [2.05, 4.69) is 30.9 Å². The number of anilines is 1. The highest BCUT2D eigenvalue weighted by atomic mass is 19.1. The first kappa shape index (κ1) is 14.2. The van der Waals surface area contributed by atoms with Crippen molar-refractivity contribution in [1.29, 1.82) is 0 Å². The topological polar surface area (TPSA) is 85.8 Å². The molecule has 4 aromatic rings. The third-order valence-electron chi connectivity index (χ3n) is 3.66. The van der Waals surface area contributed by atoms with Crippen LogP contribution in [0.15, 0.2) is 48.8 Å². The minimum atomic E-state index is -0.373. The van der Waals surface area contributed by atoms with Crippen LogP contribution >= 0.6 is 0 Å². The monoisotopic (exact) mass is 324 g/mol. The molecule has 120 valence electrons. The van der Waals surface area contributed by atoms with E-state index in [1.165, 1.54) is 16.8 Å². The minimum Gasteiger partial charge on any atom is -0.355 e. The SMILES string of the molecule is Cn1ccnc1[C@@H](Nc1ccc2nnnn2n1)c1cccc(F)c1. The Bertz CT molecular complexity index is 992. The number of nitrogens with one attached hydrogen (secondary N) is 1. The number of aryl methyl sites for hydroxylation is 1. The summed E-state index contributed by atoms with van der Waals surface area (Å²) in [5.41, 5.74) is 1.28. The Morgan fingerprint density at radius 1 is 1.21 bits per heavy atom. The fourth-order valence-corrected chi connectivity index (χ4v) is 2.51. The van der Waals surface area contributed by atoms with Gasteiger partial charge in [0.15, 0.2) is 5.65 Å². The Labute approximate surface area is 136 Å². The van der Waals surface area contributed by atoms with E-state index >= 15 is 0 Å². The van der Waals surface area contributed by atoms with Crippen molar-refractivity contribution >= 4 is 11.5 Å². The van der Waals surface area contributed by atoms with Crippen LogP contribution in [0.1, 0.15) is 17.4 Å². The summed E-state index contributed by atoms with van der Waals surface area (Å²) in [6, 6.07) is 9.52. The third-order valence-corrected chi connectivity index (χ3v) is 3.66. The van der Waals surface area contributed by atoms with Crippen LogP contribution < -0.4 is 5.32 Å². The average Bonchev–Trinajstić information content (AvgIpc) is 3.21. The van der Waals surface area contributed by atoms with Crippen molar-refractivity contribution < 1.29 is 4.39 Å². The number of tetrazole rings is 1. The molecular formula is C15H13FN8. The van der Waals surface area contributed by atoms with Crippen LogP contribution in [0.25, 0.3) is 5.65 Å². The summed E-state index contributed by atoms with van der Waals surface area (Å²) >= 11 is 0. The number of fused-ring (bicyclic) bond motifs is 1. The maximum absolute atomic E-state index is 13.7. The molecule has 0 fully saturated rings. The molecule has 24 heavy (non-hydrogen) atoms. The number of benzene rings is 1. The molecule has 3 aromatic heterocycles. The second-order valence-corrected chi connectivity index (χ2v) is 5.27. The Morgan fingerprint density at radius 2 is 2.12 bits per heavy atom. The van der Waals surface area contributed by atoms with E-state index in [0.29, 0.717) is 11.5 Å². The predicted molar refractivity (Wildman–Crippen MR) is 83.7 cm³/mol. The largest absolute Gasteiger partial charge is 0.355 e. The van der Waals surface area contributed by atoms with Gasteiger partial charge >= 0.3 is 0 Å². The Kier molecular flexibility index (Phi) is 3.38. The lowest BCUT2D eigenvalue weighted by Crippen LogP contribution is -2.18. The van der Waals surface area contributed by atoms with Gasteiger partial charge in [-0.3, -0.25) is 0 Å². The Balaban J connectivity index is 1.76. The van der Waals surface area contributed by atoms with Crippen molar-refractivity contribution in [3.8, 4) is 0 Å². The third kappa shape index (κ3) is 2.56. The molecule has 4 rings (SSSR count). The van der Waals surface area contributed by atoms with Gasteiger partial charge in [0.1, 0.15) is 23.5 Å². The molecule has 8 nitrogen and oxygen atoms in total. The first-order valence-electron chi connectivity index (χ1n) is 7.25. The van der Waals surface area contributed by atoms with Gasteiger partial charge in [-0.2, -0.15) is 0 Å². The van der Waals surface area contributed by atoms with Gasteiger partial charge in [-0.05, 0) is 40.3 Å². The van der Waals surface area contributed by atoms with Crippen LogP contribution in [0.3, 0.4) is 0 Å². The highest BCUT2D eigenvalue weighted by Crippen LogP contribution is 2.25. The number of hydrogen-bond donors (Lipinski definition) is 1.